The van der Waals surface area contributed by atoms with E-state index in [2.05, 4.69) is 39.0 Å². The van der Waals surface area contributed by atoms with Crippen molar-refractivity contribution in [3.05, 3.63) is 90.3 Å². The number of nitrogens with zero attached hydrogens (tertiary/aromatic N) is 3. The quantitative estimate of drug-likeness (QED) is 0.379. The summed E-state index contributed by atoms with van der Waals surface area (Å²) in [6.45, 7) is 2.65. The van der Waals surface area contributed by atoms with Crippen molar-refractivity contribution >= 4 is 16.9 Å². The number of aromatic nitrogens is 2. The SMILES string of the molecule is COc1ccccc1C(CNC(=O)CCc1nc2ccccc2n1-c1ccccc1)N1CCCC1. The fourth-order valence-corrected chi connectivity index (χ4v) is 5.06. The van der Waals surface area contributed by atoms with Crippen LogP contribution in [0.2, 0.25) is 0 Å². The molecule has 35 heavy (non-hydrogen) atoms. The van der Waals surface area contributed by atoms with Crippen LogP contribution in [0.5, 0.6) is 5.75 Å². The van der Waals surface area contributed by atoms with Crippen LogP contribution in [0.4, 0.5) is 0 Å². The van der Waals surface area contributed by atoms with E-state index < -0.39 is 0 Å². The van der Waals surface area contributed by atoms with E-state index in [0.29, 0.717) is 19.4 Å². The number of methoxy groups -OCH3 is 1. The van der Waals surface area contributed by atoms with E-state index in [0.717, 1.165) is 46.9 Å². The van der Waals surface area contributed by atoms with Crippen LogP contribution in [0.3, 0.4) is 0 Å². The Morgan fingerprint density at radius 1 is 0.971 bits per heavy atom. The van der Waals surface area contributed by atoms with Gasteiger partial charge in [0.15, 0.2) is 0 Å². The molecule has 1 N–H and O–H groups in total. The molecule has 0 aliphatic carbocycles. The maximum Gasteiger partial charge on any atom is 0.220 e. The Labute approximate surface area is 206 Å². The summed E-state index contributed by atoms with van der Waals surface area (Å²) < 4.78 is 7.79. The molecule has 0 saturated carbocycles. The monoisotopic (exact) mass is 468 g/mol. The number of imidazole rings is 1. The van der Waals surface area contributed by atoms with Crippen molar-refractivity contribution in [1.82, 2.24) is 19.8 Å². The summed E-state index contributed by atoms with van der Waals surface area (Å²) in [5.41, 5.74) is 4.18. The second-order valence-electron chi connectivity index (χ2n) is 8.99. The van der Waals surface area contributed by atoms with E-state index in [9.17, 15) is 4.79 Å². The van der Waals surface area contributed by atoms with Gasteiger partial charge >= 0.3 is 0 Å². The zero-order valence-corrected chi connectivity index (χ0v) is 20.2. The zero-order valence-electron chi connectivity index (χ0n) is 20.2. The van der Waals surface area contributed by atoms with Gasteiger partial charge < -0.3 is 10.1 Å². The number of hydrogen-bond donors (Lipinski definition) is 1. The van der Waals surface area contributed by atoms with E-state index in [1.54, 1.807) is 7.11 Å². The van der Waals surface area contributed by atoms with E-state index in [4.69, 9.17) is 9.72 Å². The van der Waals surface area contributed by atoms with Crippen LogP contribution in [0.1, 0.15) is 36.7 Å². The summed E-state index contributed by atoms with van der Waals surface area (Å²) in [6, 6.07) is 26.6. The molecule has 1 fully saturated rings. The zero-order chi connectivity index (χ0) is 24.0. The molecule has 0 spiro atoms. The molecular weight excluding hydrogens is 436 g/mol. The van der Waals surface area contributed by atoms with Crippen LogP contribution in [-0.2, 0) is 11.2 Å². The van der Waals surface area contributed by atoms with Crippen LogP contribution in [0.25, 0.3) is 16.7 Å². The molecule has 180 valence electrons. The Bertz CT molecular complexity index is 1280. The van der Waals surface area contributed by atoms with Crippen molar-refractivity contribution in [2.75, 3.05) is 26.7 Å². The molecule has 4 aromatic rings. The number of ether oxygens (including phenoxy) is 1. The number of benzene rings is 3. The minimum absolute atomic E-state index is 0.0377. The third-order valence-corrected chi connectivity index (χ3v) is 6.79. The number of fused-ring (bicyclic) bond motifs is 1. The second-order valence-corrected chi connectivity index (χ2v) is 8.99. The predicted molar refractivity (Wildman–Crippen MR) is 139 cm³/mol. The number of carbonyl (C=O) groups is 1. The third kappa shape index (κ3) is 5.08. The molecule has 0 radical (unpaired) electrons. The Morgan fingerprint density at radius 3 is 2.49 bits per heavy atom. The van der Waals surface area contributed by atoms with E-state index in [-0.39, 0.29) is 11.9 Å². The van der Waals surface area contributed by atoms with Gasteiger partial charge in [-0.1, -0.05) is 48.5 Å². The molecule has 1 aliphatic heterocycles. The number of aryl methyl sites for hydroxylation is 1. The van der Waals surface area contributed by atoms with Gasteiger partial charge in [-0.15, -0.1) is 0 Å². The van der Waals surface area contributed by atoms with Gasteiger partial charge in [-0.3, -0.25) is 14.3 Å². The number of amides is 1. The molecule has 1 unspecified atom stereocenters. The summed E-state index contributed by atoms with van der Waals surface area (Å²) in [5.74, 6) is 1.80. The summed E-state index contributed by atoms with van der Waals surface area (Å²) in [4.78, 5) is 20.3. The smallest absolute Gasteiger partial charge is 0.220 e. The third-order valence-electron chi connectivity index (χ3n) is 6.79. The van der Waals surface area contributed by atoms with Crippen molar-refractivity contribution in [3.63, 3.8) is 0 Å². The summed E-state index contributed by atoms with van der Waals surface area (Å²) in [7, 11) is 1.71. The molecule has 1 saturated heterocycles. The molecule has 1 aliphatic rings. The first kappa shape index (κ1) is 23.1. The standard InChI is InChI=1S/C29H32N4O2/c1-35-27-16-8-5-13-23(27)26(32-19-9-10-20-32)21-30-29(34)18-17-28-31-24-14-6-7-15-25(24)33(28)22-11-3-2-4-12-22/h2-8,11-16,26H,9-10,17-21H2,1H3,(H,30,34). The normalized spacial score (nSPS) is 14.8. The first-order chi connectivity index (χ1) is 17.2. The lowest BCUT2D eigenvalue weighted by molar-refractivity contribution is -0.121. The number of carbonyl (C=O) groups excluding carboxylic acids is 1. The molecule has 5 rings (SSSR count). The molecule has 1 aromatic heterocycles. The van der Waals surface area contributed by atoms with Gasteiger partial charge in [-0.2, -0.15) is 0 Å². The van der Waals surface area contributed by atoms with Crippen molar-refractivity contribution < 1.29 is 9.53 Å². The lowest BCUT2D eigenvalue weighted by Crippen LogP contribution is -2.37. The Kier molecular flexibility index (Phi) is 7.09. The highest BCUT2D eigenvalue weighted by molar-refractivity contribution is 5.79. The Morgan fingerprint density at radius 2 is 1.69 bits per heavy atom. The fourth-order valence-electron chi connectivity index (χ4n) is 5.06. The average Bonchev–Trinajstić information content (AvgIpc) is 3.56. The summed E-state index contributed by atoms with van der Waals surface area (Å²) in [6.07, 6.45) is 3.33. The molecule has 3 aromatic carbocycles. The molecule has 6 heteroatoms. The van der Waals surface area contributed by atoms with Crippen LogP contribution in [0.15, 0.2) is 78.9 Å². The fraction of sp³-hybridized carbons (Fsp3) is 0.310. The van der Waals surface area contributed by atoms with Crippen molar-refractivity contribution in [2.45, 2.75) is 31.7 Å². The van der Waals surface area contributed by atoms with E-state index >= 15 is 0 Å². The lowest BCUT2D eigenvalue weighted by Gasteiger charge is -2.29. The largest absolute Gasteiger partial charge is 0.496 e. The van der Waals surface area contributed by atoms with Gasteiger partial charge in [0.1, 0.15) is 11.6 Å². The molecule has 0 bridgehead atoms. The summed E-state index contributed by atoms with van der Waals surface area (Å²) >= 11 is 0. The number of likely N-dealkylation sites (tertiary alicyclic amines) is 1. The Hall–Kier alpha value is -3.64. The van der Waals surface area contributed by atoms with Gasteiger partial charge in [0.05, 0.1) is 24.2 Å². The molecule has 1 amide bonds. The first-order valence-electron chi connectivity index (χ1n) is 12.4. The van der Waals surface area contributed by atoms with Gasteiger partial charge in [0.25, 0.3) is 0 Å². The van der Waals surface area contributed by atoms with Crippen LogP contribution >= 0.6 is 0 Å². The van der Waals surface area contributed by atoms with Crippen LogP contribution in [0, 0.1) is 0 Å². The van der Waals surface area contributed by atoms with E-state index in [1.807, 2.05) is 54.6 Å². The molecular formula is C29H32N4O2. The molecule has 2 heterocycles. The number of nitrogens with one attached hydrogen (secondary N) is 1. The maximum absolute atomic E-state index is 13.0. The van der Waals surface area contributed by atoms with Crippen molar-refractivity contribution in [3.8, 4) is 11.4 Å². The van der Waals surface area contributed by atoms with Gasteiger partial charge in [0, 0.05) is 30.6 Å². The first-order valence-corrected chi connectivity index (χ1v) is 12.4. The molecule has 6 nitrogen and oxygen atoms in total. The number of rotatable bonds is 9. The highest BCUT2D eigenvalue weighted by Crippen LogP contribution is 2.31. The Balaban J connectivity index is 1.30. The molecule has 1 atom stereocenters. The average molecular weight is 469 g/mol. The lowest BCUT2D eigenvalue weighted by atomic mass is 10.0. The van der Waals surface area contributed by atoms with Gasteiger partial charge in [-0.25, -0.2) is 4.98 Å². The van der Waals surface area contributed by atoms with E-state index in [1.165, 1.54) is 12.8 Å². The second kappa shape index (κ2) is 10.7. The van der Waals surface area contributed by atoms with Crippen LogP contribution < -0.4 is 10.1 Å². The number of para-hydroxylation sites is 4. The predicted octanol–water partition coefficient (Wildman–Crippen LogP) is 4.92. The van der Waals surface area contributed by atoms with Crippen LogP contribution in [-0.4, -0.2) is 47.1 Å². The highest BCUT2D eigenvalue weighted by Gasteiger charge is 2.26. The van der Waals surface area contributed by atoms with Gasteiger partial charge in [-0.05, 0) is 56.3 Å². The summed E-state index contributed by atoms with van der Waals surface area (Å²) in [5, 5.41) is 3.20. The highest BCUT2D eigenvalue weighted by atomic mass is 16.5. The topological polar surface area (TPSA) is 59.4 Å². The minimum Gasteiger partial charge on any atom is -0.496 e. The maximum atomic E-state index is 13.0. The van der Waals surface area contributed by atoms with Crippen molar-refractivity contribution in [1.29, 1.82) is 0 Å². The van der Waals surface area contributed by atoms with Crippen molar-refractivity contribution in [2.24, 2.45) is 0 Å². The number of hydrogen-bond acceptors (Lipinski definition) is 4. The van der Waals surface area contributed by atoms with Gasteiger partial charge in [0.2, 0.25) is 5.91 Å². The minimum atomic E-state index is 0.0377.